The Morgan fingerprint density at radius 1 is 1.21 bits per heavy atom. The number of piperidine rings is 1. The van der Waals surface area contributed by atoms with Crippen molar-refractivity contribution in [2.45, 2.75) is 25.7 Å². The Morgan fingerprint density at radius 2 is 2.07 bits per heavy atom. The van der Waals surface area contributed by atoms with Gasteiger partial charge in [-0.25, -0.2) is 4.98 Å². The molecule has 1 aromatic carbocycles. The summed E-state index contributed by atoms with van der Waals surface area (Å²) in [5, 5.41) is 2.63. The Kier molecular flexibility index (Phi) is 5.18. The fourth-order valence-electron chi connectivity index (χ4n) is 3.90. The molecule has 28 heavy (non-hydrogen) atoms. The first kappa shape index (κ1) is 18.7. The highest BCUT2D eigenvalue weighted by Gasteiger charge is 2.26. The van der Waals surface area contributed by atoms with Crippen molar-refractivity contribution in [3.63, 3.8) is 0 Å². The topological polar surface area (TPSA) is 55.3 Å². The third kappa shape index (κ3) is 3.54. The number of hydrogen-bond donors (Lipinski definition) is 0. The van der Waals surface area contributed by atoms with Gasteiger partial charge in [0.25, 0.3) is 5.91 Å². The Balaban J connectivity index is 1.59. The van der Waals surface area contributed by atoms with Crippen molar-refractivity contribution < 1.29 is 9.53 Å². The van der Waals surface area contributed by atoms with Gasteiger partial charge < -0.3 is 9.64 Å². The van der Waals surface area contributed by atoms with E-state index in [1.54, 1.807) is 19.2 Å². The number of carbonyl (C=O) groups excluding carboxylic acids is 1. The monoisotopic (exact) mass is 395 g/mol. The second kappa shape index (κ2) is 7.76. The molecule has 1 atom stereocenters. The lowest BCUT2D eigenvalue weighted by molar-refractivity contribution is 0.0705. The van der Waals surface area contributed by atoms with Crippen molar-refractivity contribution in [1.82, 2.24) is 14.9 Å². The second-order valence-corrected chi connectivity index (χ2v) is 7.57. The zero-order chi connectivity index (χ0) is 19.7. The minimum Gasteiger partial charge on any atom is -0.496 e. The maximum Gasteiger partial charge on any atom is 0.255 e. The summed E-state index contributed by atoms with van der Waals surface area (Å²) in [5.41, 5.74) is 2.70. The standard InChI is InChI=1S/C22H22ClN3O2/c1-14-18-10-19(24-11-15(18)5-7-20(14)28-2)17-4-3-9-26(13-17)22(27)16-6-8-21(23)25-12-16/h5-8,10-12,17H,3-4,9,13H2,1-2H3/t17-/m1/s1. The van der Waals surface area contributed by atoms with Gasteiger partial charge in [0, 0.05) is 42.5 Å². The highest BCUT2D eigenvalue weighted by Crippen LogP contribution is 2.32. The molecule has 144 valence electrons. The lowest BCUT2D eigenvalue weighted by Crippen LogP contribution is -2.39. The quantitative estimate of drug-likeness (QED) is 0.607. The van der Waals surface area contributed by atoms with E-state index >= 15 is 0 Å². The van der Waals surface area contributed by atoms with Crippen LogP contribution in [0, 0.1) is 6.92 Å². The number of ether oxygens (including phenoxy) is 1. The number of hydrogen-bond acceptors (Lipinski definition) is 4. The molecule has 3 heterocycles. The fraction of sp³-hybridized carbons (Fsp3) is 0.318. The van der Waals surface area contributed by atoms with Crippen molar-refractivity contribution in [1.29, 1.82) is 0 Å². The summed E-state index contributed by atoms with van der Waals surface area (Å²) in [4.78, 5) is 23.5. The average Bonchev–Trinajstić information content (AvgIpc) is 2.74. The van der Waals surface area contributed by atoms with E-state index in [1.165, 1.54) is 6.20 Å². The zero-order valence-electron chi connectivity index (χ0n) is 16.0. The summed E-state index contributed by atoms with van der Waals surface area (Å²) in [6.07, 6.45) is 5.43. The molecule has 3 aromatic rings. The third-order valence-corrected chi connectivity index (χ3v) is 5.69. The minimum atomic E-state index is -0.00694. The number of amides is 1. The van der Waals surface area contributed by atoms with Gasteiger partial charge in [-0.1, -0.05) is 11.6 Å². The first-order valence-electron chi connectivity index (χ1n) is 9.41. The van der Waals surface area contributed by atoms with Gasteiger partial charge in [0.2, 0.25) is 0 Å². The van der Waals surface area contributed by atoms with E-state index in [-0.39, 0.29) is 11.8 Å². The van der Waals surface area contributed by atoms with Crippen molar-refractivity contribution >= 4 is 28.3 Å². The van der Waals surface area contributed by atoms with Crippen LogP contribution in [0.5, 0.6) is 5.75 Å². The number of rotatable bonds is 3. The van der Waals surface area contributed by atoms with Crippen LogP contribution in [0.2, 0.25) is 5.15 Å². The van der Waals surface area contributed by atoms with E-state index in [2.05, 4.69) is 18.0 Å². The van der Waals surface area contributed by atoms with E-state index in [4.69, 9.17) is 21.3 Å². The molecule has 0 unspecified atom stereocenters. The molecule has 1 saturated heterocycles. The number of carbonyl (C=O) groups is 1. The van der Waals surface area contributed by atoms with E-state index in [9.17, 15) is 4.79 Å². The molecule has 6 heteroatoms. The van der Waals surface area contributed by atoms with Crippen LogP contribution in [0.1, 0.15) is 40.4 Å². The van der Waals surface area contributed by atoms with E-state index in [0.717, 1.165) is 47.2 Å². The van der Waals surface area contributed by atoms with Gasteiger partial charge in [-0.3, -0.25) is 9.78 Å². The van der Waals surface area contributed by atoms with Crippen LogP contribution in [0.25, 0.3) is 10.8 Å². The SMILES string of the molecule is COc1ccc2cnc([C@@H]3CCCN(C(=O)c4ccc(Cl)nc4)C3)cc2c1C. The number of halogens is 1. The largest absolute Gasteiger partial charge is 0.496 e. The maximum absolute atomic E-state index is 12.8. The average molecular weight is 396 g/mol. The molecular formula is C22H22ClN3O2. The van der Waals surface area contributed by atoms with Crippen molar-refractivity contribution in [3.8, 4) is 5.75 Å². The third-order valence-electron chi connectivity index (χ3n) is 5.46. The Hall–Kier alpha value is -2.66. The van der Waals surface area contributed by atoms with Gasteiger partial charge in [0.1, 0.15) is 10.9 Å². The summed E-state index contributed by atoms with van der Waals surface area (Å²) >= 11 is 5.83. The predicted octanol–water partition coefficient (Wildman–Crippen LogP) is 4.62. The number of nitrogens with zero attached hydrogens (tertiary/aromatic N) is 3. The number of methoxy groups -OCH3 is 1. The molecular weight excluding hydrogens is 374 g/mol. The summed E-state index contributed by atoms with van der Waals surface area (Å²) in [6, 6.07) is 9.53. The van der Waals surface area contributed by atoms with E-state index in [0.29, 0.717) is 17.3 Å². The summed E-state index contributed by atoms with van der Waals surface area (Å²) < 4.78 is 5.46. The number of benzene rings is 1. The van der Waals surface area contributed by atoms with Gasteiger partial charge in [-0.15, -0.1) is 0 Å². The Bertz CT molecular complexity index is 1020. The number of aryl methyl sites for hydroxylation is 1. The van der Waals surface area contributed by atoms with Gasteiger partial charge in [0.05, 0.1) is 12.7 Å². The molecule has 2 aromatic heterocycles. The number of fused-ring (bicyclic) bond motifs is 1. The lowest BCUT2D eigenvalue weighted by atomic mass is 9.92. The van der Waals surface area contributed by atoms with Crippen LogP contribution in [0.15, 0.2) is 42.7 Å². The molecule has 1 fully saturated rings. The minimum absolute atomic E-state index is 0.00694. The van der Waals surface area contributed by atoms with Crippen LogP contribution in [0.3, 0.4) is 0 Å². The van der Waals surface area contributed by atoms with Crippen molar-refractivity contribution in [2.75, 3.05) is 20.2 Å². The molecule has 0 spiro atoms. The molecule has 0 radical (unpaired) electrons. The molecule has 0 aliphatic carbocycles. The van der Waals surface area contributed by atoms with Crippen LogP contribution >= 0.6 is 11.6 Å². The highest BCUT2D eigenvalue weighted by atomic mass is 35.5. The number of likely N-dealkylation sites (tertiary alicyclic amines) is 1. The van der Waals surface area contributed by atoms with Crippen LogP contribution in [-0.4, -0.2) is 41.0 Å². The number of pyridine rings is 2. The number of aromatic nitrogens is 2. The highest BCUT2D eigenvalue weighted by molar-refractivity contribution is 6.29. The summed E-state index contributed by atoms with van der Waals surface area (Å²) in [6.45, 7) is 3.47. The van der Waals surface area contributed by atoms with Gasteiger partial charge in [-0.2, -0.15) is 0 Å². The van der Waals surface area contributed by atoms with E-state index in [1.807, 2.05) is 23.2 Å². The van der Waals surface area contributed by atoms with Crippen molar-refractivity contribution in [2.24, 2.45) is 0 Å². The molecule has 0 saturated carbocycles. The van der Waals surface area contributed by atoms with Gasteiger partial charge in [0.15, 0.2) is 0 Å². The Morgan fingerprint density at radius 3 is 2.82 bits per heavy atom. The second-order valence-electron chi connectivity index (χ2n) is 7.18. The first-order valence-corrected chi connectivity index (χ1v) is 9.78. The van der Waals surface area contributed by atoms with Crippen LogP contribution < -0.4 is 4.74 Å². The predicted molar refractivity (Wildman–Crippen MR) is 110 cm³/mol. The molecule has 1 amide bonds. The lowest BCUT2D eigenvalue weighted by Gasteiger charge is -2.32. The van der Waals surface area contributed by atoms with Gasteiger partial charge in [-0.05, 0) is 61.0 Å². The fourth-order valence-corrected chi connectivity index (χ4v) is 4.01. The smallest absolute Gasteiger partial charge is 0.255 e. The Labute approximate surface area is 169 Å². The molecule has 5 nitrogen and oxygen atoms in total. The normalized spacial score (nSPS) is 17.0. The molecule has 0 N–H and O–H groups in total. The van der Waals surface area contributed by atoms with Crippen LogP contribution in [-0.2, 0) is 0 Å². The van der Waals surface area contributed by atoms with Crippen molar-refractivity contribution in [3.05, 3.63) is 64.7 Å². The van der Waals surface area contributed by atoms with Crippen LogP contribution in [0.4, 0.5) is 0 Å². The molecule has 1 aliphatic rings. The zero-order valence-corrected chi connectivity index (χ0v) is 16.7. The van der Waals surface area contributed by atoms with Gasteiger partial charge >= 0.3 is 0 Å². The van der Waals surface area contributed by atoms with E-state index < -0.39 is 0 Å². The summed E-state index contributed by atoms with van der Waals surface area (Å²) in [7, 11) is 1.69. The maximum atomic E-state index is 12.8. The molecule has 0 bridgehead atoms. The molecule has 4 rings (SSSR count). The first-order chi connectivity index (χ1) is 13.6. The summed E-state index contributed by atoms with van der Waals surface area (Å²) in [5.74, 6) is 1.08. The molecule has 1 aliphatic heterocycles.